The molecule has 1 atom stereocenters. The summed E-state index contributed by atoms with van der Waals surface area (Å²) in [6.07, 6.45) is 11.5. The Hall–Kier alpha value is -4.31. The quantitative estimate of drug-likeness (QED) is 0.471. The van der Waals surface area contributed by atoms with Crippen molar-refractivity contribution in [2.45, 2.75) is 19.0 Å². The van der Waals surface area contributed by atoms with Gasteiger partial charge < -0.3 is 19.8 Å². The number of para-hydroxylation sites is 1. The van der Waals surface area contributed by atoms with Crippen molar-refractivity contribution in [2.75, 3.05) is 13.1 Å². The number of carbonyl (C=O) groups excluding carboxylic acids is 2. The Kier molecular flexibility index (Phi) is 5.41. The van der Waals surface area contributed by atoms with E-state index in [1.54, 1.807) is 29.6 Å². The topological polar surface area (TPSA) is 83.0 Å². The van der Waals surface area contributed by atoms with E-state index >= 15 is 0 Å². The third kappa shape index (κ3) is 3.87. The van der Waals surface area contributed by atoms with Crippen LogP contribution in [0.5, 0.6) is 0 Å². The molecule has 3 heterocycles. The normalized spacial score (nSPS) is 15.1. The Morgan fingerprint density at radius 2 is 2.00 bits per heavy atom. The minimum Gasteiger partial charge on any atom is -0.356 e. The minimum absolute atomic E-state index is 0.145. The predicted octanol–water partition coefficient (Wildman–Crippen LogP) is 2.90. The molecule has 0 saturated heterocycles. The van der Waals surface area contributed by atoms with Gasteiger partial charge in [-0.1, -0.05) is 30.3 Å². The number of aromatic amines is 1. The largest absolute Gasteiger partial charge is 0.356 e. The van der Waals surface area contributed by atoms with Gasteiger partial charge in [0.15, 0.2) is 0 Å². The average Bonchev–Trinajstić information content (AvgIpc) is 3.50. The molecular weight excluding hydrogens is 414 g/mol. The summed E-state index contributed by atoms with van der Waals surface area (Å²) < 4.78 is 1.90. The Bertz CT molecular complexity index is 1350. The van der Waals surface area contributed by atoms with Crippen molar-refractivity contribution >= 4 is 22.7 Å². The van der Waals surface area contributed by atoms with Crippen molar-refractivity contribution in [1.29, 1.82) is 0 Å². The number of nitrogens with one attached hydrogen (secondary N) is 2. The number of carbonyl (C=O) groups is 2. The standard InChI is InChI=1S/C26H23N5O2/c1-2-23(32)31-14-11-21-20-5-3-4-6-22(20)29-24(21)25(31)18-7-9-19(10-8-18)26(33)28-13-16-30-15-12-27-17-30/h1,3-10,12,15,17,25,29H,11,13-14,16H2,(H,28,33)/t25-/m0/s1. The van der Waals surface area contributed by atoms with Gasteiger partial charge in [0, 0.05) is 54.2 Å². The number of rotatable bonds is 5. The highest BCUT2D eigenvalue weighted by atomic mass is 16.2. The van der Waals surface area contributed by atoms with Crippen LogP contribution in [0.3, 0.4) is 0 Å². The zero-order valence-electron chi connectivity index (χ0n) is 18.0. The van der Waals surface area contributed by atoms with Gasteiger partial charge in [-0.2, -0.15) is 0 Å². The molecule has 5 rings (SSSR count). The zero-order chi connectivity index (χ0) is 22.8. The van der Waals surface area contributed by atoms with Gasteiger partial charge in [-0.15, -0.1) is 6.42 Å². The van der Waals surface area contributed by atoms with Crippen LogP contribution in [-0.2, 0) is 17.8 Å². The second-order valence-corrected chi connectivity index (χ2v) is 8.04. The molecule has 0 spiro atoms. The molecule has 7 heteroatoms. The maximum absolute atomic E-state index is 12.6. The van der Waals surface area contributed by atoms with Crippen LogP contribution in [0.2, 0.25) is 0 Å². The molecule has 2 N–H and O–H groups in total. The summed E-state index contributed by atoms with van der Waals surface area (Å²) in [5.41, 5.74) is 4.69. The average molecular weight is 438 g/mol. The van der Waals surface area contributed by atoms with Gasteiger partial charge in [-0.25, -0.2) is 4.98 Å². The summed E-state index contributed by atoms with van der Waals surface area (Å²) in [5.74, 6) is 1.78. The molecule has 4 aromatic rings. The molecule has 33 heavy (non-hydrogen) atoms. The third-order valence-electron chi connectivity index (χ3n) is 6.12. The molecule has 2 amide bonds. The Morgan fingerprint density at radius 3 is 2.76 bits per heavy atom. The summed E-state index contributed by atoms with van der Waals surface area (Å²) in [7, 11) is 0. The highest BCUT2D eigenvalue weighted by Crippen LogP contribution is 2.38. The molecular formula is C26H23N5O2. The number of imidazole rings is 1. The molecule has 0 bridgehead atoms. The summed E-state index contributed by atoms with van der Waals surface area (Å²) in [4.78, 5) is 34.4. The van der Waals surface area contributed by atoms with Crippen LogP contribution >= 0.6 is 0 Å². The first-order valence-electron chi connectivity index (χ1n) is 10.9. The molecule has 2 aromatic heterocycles. The molecule has 164 valence electrons. The minimum atomic E-state index is -0.342. The second-order valence-electron chi connectivity index (χ2n) is 8.04. The summed E-state index contributed by atoms with van der Waals surface area (Å²) in [5, 5.41) is 4.09. The fraction of sp³-hybridized carbons (Fsp3) is 0.192. The molecule has 1 aliphatic heterocycles. The van der Waals surface area contributed by atoms with E-state index in [1.807, 2.05) is 41.1 Å². The molecule has 7 nitrogen and oxygen atoms in total. The number of amides is 2. The lowest BCUT2D eigenvalue weighted by Gasteiger charge is -2.35. The fourth-order valence-corrected chi connectivity index (χ4v) is 4.53. The van der Waals surface area contributed by atoms with Crippen LogP contribution in [0.4, 0.5) is 0 Å². The van der Waals surface area contributed by atoms with E-state index in [9.17, 15) is 9.59 Å². The van der Waals surface area contributed by atoms with Crippen LogP contribution < -0.4 is 5.32 Å². The lowest BCUT2D eigenvalue weighted by Crippen LogP contribution is -2.40. The van der Waals surface area contributed by atoms with Crippen molar-refractivity contribution in [2.24, 2.45) is 0 Å². The van der Waals surface area contributed by atoms with Crippen molar-refractivity contribution in [1.82, 2.24) is 24.8 Å². The van der Waals surface area contributed by atoms with E-state index in [0.717, 1.165) is 23.2 Å². The van der Waals surface area contributed by atoms with Gasteiger partial charge >= 0.3 is 0 Å². The molecule has 0 saturated carbocycles. The van der Waals surface area contributed by atoms with Gasteiger partial charge in [0.1, 0.15) is 0 Å². The van der Waals surface area contributed by atoms with Gasteiger partial charge in [-0.05, 0) is 41.7 Å². The fourth-order valence-electron chi connectivity index (χ4n) is 4.53. The highest BCUT2D eigenvalue weighted by Gasteiger charge is 2.34. The van der Waals surface area contributed by atoms with Crippen LogP contribution in [-0.4, -0.2) is 44.3 Å². The number of H-pyrrole nitrogens is 1. The lowest BCUT2D eigenvalue weighted by molar-refractivity contribution is -0.127. The molecule has 2 aromatic carbocycles. The van der Waals surface area contributed by atoms with E-state index in [4.69, 9.17) is 6.42 Å². The monoisotopic (exact) mass is 437 g/mol. The van der Waals surface area contributed by atoms with Crippen molar-refractivity contribution in [3.63, 3.8) is 0 Å². The molecule has 0 radical (unpaired) electrons. The summed E-state index contributed by atoms with van der Waals surface area (Å²) >= 11 is 0. The number of hydrogen-bond donors (Lipinski definition) is 2. The van der Waals surface area contributed by atoms with Crippen molar-refractivity contribution < 1.29 is 9.59 Å². The first-order valence-corrected chi connectivity index (χ1v) is 10.9. The van der Waals surface area contributed by atoms with Crippen LogP contribution in [0, 0.1) is 12.3 Å². The van der Waals surface area contributed by atoms with Crippen LogP contribution in [0.1, 0.15) is 33.2 Å². The molecule has 0 fully saturated rings. The smallest absolute Gasteiger partial charge is 0.299 e. The van der Waals surface area contributed by atoms with E-state index < -0.39 is 0 Å². The van der Waals surface area contributed by atoms with Gasteiger partial charge in [0.2, 0.25) is 0 Å². The number of hydrogen-bond acceptors (Lipinski definition) is 3. The first kappa shape index (κ1) is 20.6. The SMILES string of the molecule is C#CC(=O)N1CCc2c([nH]c3ccccc23)[C@@H]1c1ccc(C(=O)NCCn2ccnc2)cc1. The van der Waals surface area contributed by atoms with Crippen LogP contribution in [0.15, 0.2) is 67.3 Å². The Morgan fingerprint density at radius 1 is 1.18 bits per heavy atom. The van der Waals surface area contributed by atoms with Crippen LogP contribution in [0.25, 0.3) is 10.9 Å². The first-order chi connectivity index (χ1) is 16.2. The Balaban J connectivity index is 1.41. The number of fused-ring (bicyclic) bond motifs is 3. The number of benzene rings is 2. The van der Waals surface area contributed by atoms with Gasteiger partial charge in [-0.3, -0.25) is 9.59 Å². The number of nitrogens with zero attached hydrogens (tertiary/aromatic N) is 3. The molecule has 0 unspecified atom stereocenters. The van der Waals surface area contributed by atoms with E-state index in [1.165, 1.54) is 10.9 Å². The summed E-state index contributed by atoms with van der Waals surface area (Å²) in [6, 6.07) is 15.2. The Labute approximate surface area is 191 Å². The summed E-state index contributed by atoms with van der Waals surface area (Å²) in [6.45, 7) is 1.69. The van der Waals surface area contributed by atoms with Gasteiger partial charge in [0.05, 0.1) is 12.4 Å². The number of terminal acetylenes is 1. The van der Waals surface area contributed by atoms with E-state index in [-0.39, 0.29) is 17.9 Å². The zero-order valence-corrected chi connectivity index (χ0v) is 18.0. The number of aromatic nitrogens is 3. The van der Waals surface area contributed by atoms with Crippen molar-refractivity contribution in [3.05, 3.63) is 89.6 Å². The van der Waals surface area contributed by atoms with E-state index in [0.29, 0.717) is 25.2 Å². The maximum atomic E-state index is 12.6. The maximum Gasteiger partial charge on any atom is 0.299 e. The lowest BCUT2D eigenvalue weighted by atomic mass is 9.91. The molecule has 1 aliphatic rings. The molecule has 0 aliphatic carbocycles. The second kappa shape index (κ2) is 8.67. The van der Waals surface area contributed by atoms with E-state index in [2.05, 4.69) is 27.3 Å². The van der Waals surface area contributed by atoms with Gasteiger partial charge in [0.25, 0.3) is 11.8 Å². The highest BCUT2D eigenvalue weighted by molar-refractivity contribution is 5.95. The third-order valence-corrected chi connectivity index (χ3v) is 6.12. The predicted molar refractivity (Wildman–Crippen MR) is 125 cm³/mol. The van der Waals surface area contributed by atoms with Crippen molar-refractivity contribution in [3.8, 4) is 12.3 Å².